The first-order valence-electron chi connectivity index (χ1n) is 11.6. The number of fused-ring (bicyclic) bond motifs is 1. The van der Waals surface area contributed by atoms with Crippen LogP contribution < -0.4 is 14.8 Å². The number of amides is 2. The Kier molecular flexibility index (Phi) is 7.47. The Morgan fingerprint density at radius 3 is 2.59 bits per heavy atom. The number of carbonyl (C=O) groups is 2. The van der Waals surface area contributed by atoms with E-state index in [-0.39, 0.29) is 37.6 Å². The van der Waals surface area contributed by atoms with Gasteiger partial charge in [0.25, 0.3) is 5.91 Å². The van der Waals surface area contributed by atoms with Crippen LogP contribution in [0.1, 0.15) is 35.3 Å². The van der Waals surface area contributed by atoms with E-state index in [0.717, 1.165) is 11.1 Å². The standard InChI is InChI=1S/C27H23BrN4O4S/c1-17(18-7-3-2-4-8-18)32(26(34)20-9-5-6-10-21(20)28)14-13-24(33)29-27-31-30-25(37-27)19-11-12-22-23(15-19)36-16-35-22/h2-12,15,17H,13-14,16H2,1H3,(H,29,31,33). The molecular weight excluding hydrogens is 556 g/mol. The molecule has 1 N–H and O–H groups in total. The Balaban J connectivity index is 1.27. The highest BCUT2D eigenvalue weighted by Crippen LogP contribution is 2.37. The molecule has 1 aliphatic heterocycles. The molecule has 8 nitrogen and oxygen atoms in total. The first kappa shape index (κ1) is 24.9. The van der Waals surface area contributed by atoms with Gasteiger partial charge in [0.2, 0.25) is 17.8 Å². The summed E-state index contributed by atoms with van der Waals surface area (Å²) in [6.07, 6.45) is 0.103. The fraction of sp³-hybridized carbons (Fsp3) is 0.185. The molecule has 0 spiro atoms. The van der Waals surface area contributed by atoms with Gasteiger partial charge in [-0.3, -0.25) is 9.59 Å². The van der Waals surface area contributed by atoms with Crippen molar-refractivity contribution in [3.63, 3.8) is 0 Å². The average Bonchev–Trinajstić information content (AvgIpc) is 3.58. The Morgan fingerprint density at radius 1 is 1.03 bits per heavy atom. The van der Waals surface area contributed by atoms with Crippen molar-refractivity contribution >= 4 is 44.2 Å². The Morgan fingerprint density at radius 2 is 1.78 bits per heavy atom. The normalized spacial score (nSPS) is 12.7. The van der Waals surface area contributed by atoms with Crippen molar-refractivity contribution in [1.82, 2.24) is 15.1 Å². The van der Waals surface area contributed by atoms with Crippen LogP contribution in [0.2, 0.25) is 0 Å². The van der Waals surface area contributed by atoms with Crippen LogP contribution in [0.5, 0.6) is 11.5 Å². The molecule has 0 aliphatic carbocycles. The molecule has 10 heteroatoms. The second-order valence-electron chi connectivity index (χ2n) is 8.34. The summed E-state index contributed by atoms with van der Waals surface area (Å²) in [6.45, 7) is 2.39. The van der Waals surface area contributed by atoms with Crippen LogP contribution in [0.4, 0.5) is 5.13 Å². The third kappa shape index (κ3) is 5.65. The summed E-state index contributed by atoms with van der Waals surface area (Å²) in [5.74, 6) is 0.935. The van der Waals surface area contributed by atoms with Gasteiger partial charge in [-0.15, -0.1) is 10.2 Å². The quantitative estimate of drug-likeness (QED) is 0.278. The highest BCUT2D eigenvalue weighted by atomic mass is 79.9. The SMILES string of the molecule is CC(c1ccccc1)N(CCC(=O)Nc1nnc(-c2ccc3c(c2)OCO3)s1)C(=O)c1ccccc1Br. The highest BCUT2D eigenvalue weighted by Gasteiger charge is 2.25. The third-order valence-corrected chi connectivity index (χ3v) is 7.56. The maximum absolute atomic E-state index is 13.5. The minimum atomic E-state index is -0.251. The number of rotatable bonds is 8. The van der Waals surface area contributed by atoms with Crippen molar-refractivity contribution < 1.29 is 19.1 Å². The molecule has 0 fully saturated rings. The molecular formula is C27H23BrN4O4S. The maximum Gasteiger partial charge on any atom is 0.255 e. The van der Waals surface area contributed by atoms with Crippen molar-refractivity contribution in [3.05, 3.63) is 88.4 Å². The largest absolute Gasteiger partial charge is 0.454 e. The number of carbonyl (C=O) groups excluding carboxylic acids is 2. The number of halogens is 1. The molecule has 4 aromatic rings. The van der Waals surface area contributed by atoms with E-state index in [2.05, 4.69) is 31.4 Å². The lowest BCUT2D eigenvalue weighted by Gasteiger charge is -2.30. The number of ether oxygens (including phenoxy) is 2. The Hall–Kier alpha value is -3.76. The van der Waals surface area contributed by atoms with Crippen molar-refractivity contribution in [1.29, 1.82) is 0 Å². The van der Waals surface area contributed by atoms with Gasteiger partial charge < -0.3 is 19.7 Å². The lowest BCUT2D eigenvalue weighted by atomic mass is 10.0. The Labute approximate surface area is 226 Å². The summed E-state index contributed by atoms with van der Waals surface area (Å²) < 4.78 is 11.5. The van der Waals surface area contributed by atoms with Gasteiger partial charge in [-0.1, -0.05) is 53.8 Å². The van der Waals surface area contributed by atoms with Crippen molar-refractivity contribution in [2.75, 3.05) is 18.7 Å². The number of benzene rings is 3. The van der Waals surface area contributed by atoms with Gasteiger partial charge in [-0.2, -0.15) is 0 Å². The molecule has 0 bridgehead atoms. The van der Waals surface area contributed by atoms with E-state index in [0.29, 0.717) is 31.7 Å². The van der Waals surface area contributed by atoms with Crippen LogP contribution in [-0.2, 0) is 4.79 Å². The first-order valence-corrected chi connectivity index (χ1v) is 13.2. The molecule has 5 rings (SSSR count). The number of nitrogens with one attached hydrogen (secondary N) is 1. The summed E-state index contributed by atoms with van der Waals surface area (Å²) >= 11 is 4.74. The lowest BCUT2D eigenvalue weighted by molar-refractivity contribution is -0.116. The first-order chi connectivity index (χ1) is 18.0. The fourth-order valence-electron chi connectivity index (χ4n) is 4.00. The van der Waals surface area contributed by atoms with Crippen LogP contribution in [0.15, 0.2) is 77.3 Å². The average molecular weight is 579 g/mol. The van der Waals surface area contributed by atoms with Gasteiger partial charge in [0, 0.05) is 23.0 Å². The van der Waals surface area contributed by atoms with E-state index in [9.17, 15) is 9.59 Å². The summed E-state index contributed by atoms with van der Waals surface area (Å²) in [6, 6.07) is 22.4. The molecule has 37 heavy (non-hydrogen) atoms. The van der Waals surface area contributed by atoms with E-state index >= 15 is 0 Å². The molecule has 1 atom stereocenters. The summed E-state index contributed by atoms with van der Waals surface area (Å²) in [5.41, 5.74) is 2.35. The van der Waals surface area contributed by atoms with Gasteiger partial charge in [-0.05, 0) is 58.7 Å². The van der Waals surface area contributed by atoms with Gasteiger partial charge in [0.1, 0.15) is 5.01 Å². The molecule has 1 aliphatic rings. The van der Waals surface area contributed by atoms with Crippen molar-refractivity contribution in [2.45, 2.75) is 19.4 Å². The van der Waals surface area contributed by atoms with E-state index in [1.54, 1.807) is 11.0 Å². The predicted octanol–water partition coefficient (Wildman–Crippen LogP) is 5.93. The van der Waals surface area contributed by atoms with Crippen LogP contribution >= 0.6 is 27.3 Å². The molecule has 2 amide bonds. The second kappa shape index (κ2) is 11.1. The minimum Gasteiger partial charge on any atom is -0.454 e. The number of hydrogen-bond donors (Lipinski definition) is 1. The highest BCUT2D eigenvalue weighted by molar-refractivity contribution is 9.10. The van der Waals surface area contributed by atoms with Crippen LogP contribution in [0.3, 0.4) is 0 Å². The summed E-state index contributed by atoms with van der Waals surface area (Å²) in [5, 5.41) is 12.1. The summed E-state index contributed by atoms with van der Waals surface area (Å²) in [4.78, 5) is 28.1. The zero-order chi connectivity index (χ0) is 25.8. The minimum absolute atomic E-state index is 0.103. The van der Waals surface area contributed by atoms with Gasteiger partial charge in [0.15, 0.2) is 11.5 Å². The van der Waals surface area contributed by atoms with Crippen molar-refractivity contribution in [3.8, 4) is 22.1 Å². The molecule has 1 aromatic heterocycles. The number of hydrogen-bond acceptors (Lipinski definition) is 7. The molecule has 3 aromatic carbocycles. The molecule has 188 valence electrons. The number of anilines is 1. The Bertz CT molecular complexity index is 1430. The van der Waals surface area contributed by atoms with Gasteiger partial charge in [-0.25, -0.2) is 0 Å². The van der Waals surface area contributed by atoms with Crippen LogP contribution in [0.25, 0.3) is 10.6 Å². The number of aromatic nitrogens is 2. The molecule has 2 heterocycles. The van der Waals surface area contributed by atoms with Crippen LogP contribution in [-0.4, -0.2) is 40.2 Å². The lowest BCUT2D eigenvalue weighted by Crippen LogP contribution is -2.36. The molecule has 0 radical (unpaired) electrons. The van der Waals surface area contributed by atoms with E-state index in [4.69, 9.17) is 9.47 Å². The maximum atomic E-state index is 13.5. The zero-order valence-electron chi connectivity index (χ0n) is 19.9. The monoisotopic (exact) mass is 578 g/mol. The van der Waals surface area contributed by atoms with Crippen molar-refractivity contribution in [2.24, 2.45) is 0 Å². The van der Waals surface area contributed by atoms with Gasteiger partial charge >= 0.3 is 0 Å². The number of nitrogens with zero attached hydrogens (tertiary/aromatic N) is 3. The molecule has 0 saturated carbocycles. The fourth-order valence-corrected chi connectivity index (χ4v) is 5.21. The van der Waals surface area contributed by atoms with Gasteiger partial charge in [0.05, 0.1) is 11.6 Å². The topological polar surface area (TPSA) is 93.7 Å². The van der Waals surface area contributed by atoms with E-state index in [1.807, 2.05) is 73.7 Å². The third-order valence-electron chi connectivity index (χ3n) is 5.99. The second-order valence-corrected chi connectivity index (χ2v) is 10.2. The van der Waals surface area contributed by atoms with E-state index in [1.165, 1.54) is 11.3 Å². The molecule has 0 saturated heterocycles. The molecule has 1 unspecified atom stereocenters. The summed E-state index contributed by atoms with van der Waals surface area (Å²) in [7, 11) is 0. The smallest absolute Gasteiger partial charge is 0.255 e. The van der Waals surface area contributed by atoms with E-state index < -0.39 is 0 Å². The zero-order valence-corrected chi connectivity index (χ0v) is 22.3. The predicted molar refractivity (Wildman–Crippen MR) is 145 cm³/mol. The van der Waals surface area contributed by atoms with Crippen LogP contribution in [0, 0.1) is 0 Å².